The van der Waals surface area contributed by atoms with Gasteiger partial charge in [-0.15, -0.1) is 0 Å². The van der Waals surface area contributed by atoms with Crippen LogP contribution in [0.3, 0.4) is 0 Å². The Kier molecular flexibility index (Phi) is 3.55. The molecule has 1 heterocycles. The van der Waals surface area contributed by atoms with Crippen LogP contribution in [0, 0.1) is 0 Å². The quantitative estimate of drug-likeness (QED) is 0.742. The van der Waals surface area contributed by atoms with Gasteiger partial charge in [-0.25, -0.2) is 0 Å². The zero-order chi connectivity index (χ0) is 14.7. The maximum atomic E-state index is 5.76. The van der Waals surface area contributed by atoms with Crippen molar-refractivity contribution in [2.45, 2.75) is 6.92 Å². The molecule has 0 radical (unpaired) electrons. The Morgan fingerprint density at radius 1 is 1.10 bits per heavy atom. The number of nitrogen functional groups attached to an aromatic ring is 1. The minimum Gasteiger partial charge on any atom is -0.494 e. The lowest BCUT2D eigenvalue weighted by Crippen LogP contribution is -1.90. The van der Waals surface area contributed by atoms with Crippen LogP contribution in [-0.4, -0.2) is 16.7 Å². The van der Waals surface area contributed by atoms with Gasteiger partial charge in [0.05, 0.1) is 6.61 Å². The smallest absolute Gasteiger partial charge is 0.258 e. The van der Waals surface area contributed by atoms with Gasteiger partial charge in [0.1, 0.15) is 5.75 Å². The zero-order valence-corrected chi connectivity index (χ0v) is 11.6. The van der Waals surface area contributed by atoms with Gasteiger partial charge >= 0.3 is 0 Å². The van der Waals surface area contributed by atoms with E-state index >= 15 is 0 Å². The Labute approximate surface area is 122 Å². The Morgan fingerprint density at radius 2 is 1.90 bits per heavy atom. The molecule has 0 fully saturated rings. The number of anilines is 1. The second-order valence-corrected chi connectivity index (χ2v) is 4.51. The Morgan fingerprint density at radius 3 is 2.62 bits per heavy atom. The van der Waals surface area contributed by atoms with E-state index in [4.69, 9.17) is 15.0 Å². The summed E-state index contributed by atoms with van der Waals surface area (Å²) in [5.74, 6) is 1.81. The second kappa shape index (κ2) is 5.66. The highest BCUT2D eigenvalue weighted by atomic mass is 16.5. The van der Waals surface area contributed by atoms with Crippen LogP contribution in [0.15, 0.2) is 53.1 Å². The molecule has 0 atom stereocenters. The molecular formula is C16H15N3O2. The number of nitrogens with two attached hydrogens (primary N) is 1. The third kappa shape index (κ3) is 2.86. The van der Waals surface area contributed by atoms with Gasteiger partial charge in [-0.2, -0.15) is 4.98 Å². The summed E-state index contributed by atoms with van der Waals surface area (Å²) in [7, 11) is 0. The first-order chi connectivity index (χ1) is 10.3. The number of hydrogen-bond donors (Lipinski definition) is 1. The molecule has 0 aliphatic carbocycles. The highest BCUT2D eigenvalue weighted by Gasteiger charge is 2.10. The lowest BCUT2D eigenvalue weighted by Gasteiger charge is -2.02. The van der Waals surface area contributed by atoms with Crippen molar-refractivity contribution < 1.29 is 9.26 Å². The molecule has 3 aromatic rings. The fourth-order valence-corrected chi connectivity index (χ4v) is 2.00. The van der Waals surface area contributed by atoms with Crippen molar-refractivity contribution in [3.05, 3.63) is 48.5 Å². The summed E-state index contributed by atoms with van der Waals surface area (Å²) in [6, 6.07) is 14.9. The van der Waals surface area contributed by atoms with Crippen molar-refractivity contribution in [1.29, 1.82) is 0 Å². The number of hydrogen-bond acceptors (Lipinski definition) is 5. The Hall–Kier alpha value is -2.82. The zero-order valence-electron chi connectivity index (χ0n) is 11.6. The van der Waals surface area contributed by atoms with E-state index in [-0.39, 0.29) is 0 Å². The van der Waals surface area contributed by atoms with E-state index in [1.807, 2.05) is 49.4 Å². The van der Waals surface area contributed by atoms with Crippen LogP contribution in [0.2, 0.25) is 0 Å². The van der Waals surface area contributed by atoms with Crippen molar-refractivity contribution in [2.24, 2.45) is 0 Å². The minimum atomic E-state index is 0.450. The SMILES string of the molecule is CCOc1ccc(-c2noc(-c3cccc(N)c3)n2)cc1. The lowest BCUT2D eigenvalue weighted by atomic mass is 10.2. The van der Waals surface area contributed by atoms with Crippen LogP contribution in [0.1, 0.15) is 6.92 Å². The van der Waals surface area contributed by atoms with Gasteiger partial charge < -0.3 is 15.0 Å². The standard InChI is InChI=1S/C16H15N3O2/c1-2-20-14-8-6-11(7-9-14)15-18-16(21-19-15)12-4-3-5-13(17)10-12/h3-10H,2,17H2,1H3. The summed E-state index contributed by atoms with van der Waals surface area (Å²) < 4.78 is 10.7. The maximum Gasteiger partial charge on any atom is 0.258 e. The van der Waals surface area contributed by atoms with Gasteiger partial charge in [-0.05, 0) is 49.4 Å². The topological polar surface area (TPSA) is 74.2 Å². The van der Waals surface area contributed by atoms with Crippen molar-refractivity contribution in [2.75, 3.05) is 12.3 Å². The summed E-state index contributed by atoms with van der Waals surface area (Å²) in [5, 5.41) is 4.00. The molecule has 0 unspecified atom stereocenters. The van der Waals surface area contributed by atoms with E-state index in [0.717, 1.165) is 16.9 Å². The van der Waals surface area contributed by atoms with Gasteiger partial charge in [-0.1, -0.05) is 11.2 Å². The summed E-state index contributed by atoms with van der Waals surface area (Å²) in [4.78, 5) is 4.39. The predicted molar refractivity (Wildman–Crippen MR) is 80.8 cm³/mol. The van der Waals surface area contributed by atoms with Crippen LogP contribution >= 0.6 is 0 Å². The van der Waals surface area contributed by atoms with Crippen molar-refractivity contribution >= 4 is 5.69 Å². The first-order valence-electron chi connectivity index (χ1n) is 6.69. The number of rotatable bonds is 4. The van der Waals surface area contributed by atoms with Crippen molar-refractivity contribution in [1.82, 2.24) is 10.1 Å². The number of ether oxygens (including phenoxy) is 1. The van der Waals surface area contributed by atoms with E-state index < -0.39 is 0 Å². The van der Waals surface area contributed by atoms with E-state index in [1.54, 1.807) is 6.07 Å². The molecule has 5 heteroatoms. The largest absolute Gasteiger partial charge is 0.494 e. The van der Waals surface area contributed by atoms with E-state index in [2.05, 4.69) is 10.1 Å². The molecule has 0 saturated heterocycles. The number of aromatic nitrogens is 2. The van der Waals surface area contributed by atoms with Crippen LogP contribution in [0.4, 0.5) is 5.69 Å². The van der Waals surface area contributed by atoms with Crippen LogP contribution in [0.5, 0.6) is 5.75 Å². The molecule has 0 saturated carbocycles. The van der Waals surface area contributed by atoms with Gasteiger partial charge in [0, 0.05) is 16.8 Å². The van der Waals surface area contributed by atoms with E-state index in [0.29, 0.717) is 24.0 Å². The van der Waals surface area contributed by atoms with Crippen molar-refractivity contribution in [3.63, 3.8) is 0 Å². The molecule has 0 bridgehead atoms. The van der Waals surface area contributed by atoms with Gasteiger partial charge in [0.25, 0.3) is 5.89 Å². The molecule has 21 heavy (non-hydrogen) atoms. The maximum absolute atomic E-state index is 5.76. The summed E-state index contributed by atoms with van der Waals surface area (Å²) in [5.41, 5.74) is 8.09. The summed E-state index contributed by atoms with van der Waals surface area (Å²) >= 11 is 0. The van der Waals surface area contributed by atoms with Gasteiger partial charge in [0.2, 0.25) is 5.82 Å². The van der Waals surface area contributed by atoms with E-state index in [1.165, 1.54) is 0 Å². The molecule has 2 N–H and O–H groups in total. The minimum absolute atomic E-state index is 0.450. The molecule has 0 aliphatic rings. The Bertz CT molecular complexity index is 735. The van der Waals surface area contributed by atoms with Crippen LogP contribution < -0.4 is 10.5 Å². The molecule has 106 valence electrons. The van der Waals surface area contributed by atoms with Gasteiger partial charge in [-0.3, -0.25) is 0 Å². The molecule has 5 nitrogen and oxygen atoms in total. The lowest BCUT2D eigenvalue weighted by molar-refractivity contribution is 0.340. The molecule has 0 aliphatic heterocycles. The normalized spacial score (nSPS) is 10.5. The van der Waals surface area contributed by atoms with Crippen molar-refractivity contribution in [3.8, 4) is 28.6 Å². The monoisotopic (exact) mass is 281 g/mol. The third-order valence-corrected chi connectivity index (χ3v) is 2.98. The number of benzene rings is 2. The summed E-state index contributed by atoms with van der Waals surface area (Å²) in [6.45, 7) is 2.59. The molecule has 3 rings (SSSR count). The fraction of sp³-hybridized carbons (Fsp3) is 0.125. The first-order valence-corrected chi connectivity index (χ1v) is 6.69. The molecule has 1 aromatic heterocycles. The fourth-order valence-electron chi connectivity index (χ4n) is 2.00. The average molecular weight is 281 g/mol. The third-order valence-electron chi connectivity index (χ3n) is 2.98. The van der Waals surface area contributed by atoms with Crippen LogP contribution in [0.25, 0.3) is 22.8 Å². The summed E-state index contributed by atoms with van der Waals surface area (Å²) in [6.07, 6.45) is 0. The molecule has 0 amide bonds. The van der Waals surface area contributed by atoms with E-state index in [9.17, 15) is 0 Å². The average Bonchev–Trinajstić information content (AvgIpc) is 2.98. The highest BCUT2D eigenvalue weighted by molar-refractivity contribution is 5.63. The van der Waals surface area contributed by atoms with Crippen LogP contribution in [-0.2, 0) is 0 Å². The number of nitrogens with zero attached hydrogens (tertiary/aromatic N) is 2. The molecular weight excluding hydrogens is 266 g/mol. The van der Waals surface area contributed by atoms with Gasteiger partial charge in [0.15, 0.2) is 0 Å². The first kappa shape index (κ1) is 13.2. The molecule has 0 spiro atoms. The second-order valence-electron chi connectivity index (χ2n) is 4.51. The highest BCUT2D eigenvalue weighted by Crippen LogP contribution is 2.24. The Balaban J connectivity index is 1.87. The predicted octanol–water partition coefficient (Wildman–Crippen LogP) is 3.38. The molecule has 2 aromatic carbocycles.